The minimum absolute atomic E-state index is 0.534. The number of nitrogens with two attached hydrogens (primary N) is 1. The lowest BCUT2D eigenvalue weighted by Gasteiger charge is -2.32. The Balaban J connectivity index is 2.09. The molecule has 3 heteroatoms. The summed E-state index contributed by atoms with van der Waals surface area (Å²) >= 11 is 0. The van der Waals surface area contributed by atoms with Crippen LogP contribution in [0.4, 0.5) is 0 Å². The quantitative estimate of drug-likeness (QED) is 0.847. The van der Waals surface area contributed by atoms with Crippen LogP contribution in [-0.4, -0.2) is 22.6 Å². The molecular formula is C13H23N3. The number of hydrogen-bond donors (Lipinski definition) is 1. The summed E-state index contributed by atoms with van der Waals surface area (Å²) in [6.07, 6.45) is 6.31. The lowest BCUT2D eigenvalue weighted by Crippen LogP contribution is -2.32. The van der Waals surface area contributed by atoms with Crippen LogP contribution in [0.15, 0.2) is 12.3 Å². The first-order valence-corrected chi connectivity index (χ1v) is 6.31. The van der Waals surface area contributed by atoms with Crippen molar-refractivity contribution in [3.8, 4) is 0 Å². The fourth-order valence-corrected chi connectivity index (χ4v) is 2.59. The van der Waals surface area contributed by atoms with Crippen molar-refractivity contribution in [2.24, 2.45) is 12.8 Å². The Morgan fingerprint density at radius 3 is 2.56 bits per heavy atom. The first-order valence-electron chi connectivity index (χ1n) is 6.31. The van der Waals surface area contributed by atoms with Gasteiger partial charge in [0.1, 0.15) is 0 Å². The van der Waals surface area contributed by atoms with Gasteiger partial charge in [-0.15, -0.1) is 0 Å². The van der Waals surface area contributed by atoms with Crippen LogP contribution in [0.2, 0.25) is 0 Å². The van der Waals surface area contributed by atoms with Crippen molar-refractivity contribution in [2.45, 2.75) is 38.8 Å². The molecule has 1 aromatic heterocycles. The Bertz CT molecular complexity index is 337. The van der Waals surface area contributed by atoms with Crippen molar-refractivity contribution in [2.75, 3.05) is 13.1 Å². The van der Waals surface area contributed by atoms with Crippen LogP contribution in [0.3, 0.4) is 0 Å². The predicted octanol–water partition coefficient (Wildman–Crippen LogP) is 2.03. The molecule has 2 rings (SSSR count). The van der Waals surface area contributed by atoms with Crippen molar-refractivity contribution in [3.05, 3.63) is 23.5 Å². The number of aromatic nitrogens is 1. The molecule has 2 heterocycles. The first kappa shape index (κ1) is 11.7. The zero-order valence-electron chi connectivity index (χ0n) is 10.4. The second-order valence-corrected chi connectivity index (χ2v) is 4.85. The minimum atomic E-state index is 0.534. The van der Waals surface area contributed by atoms with E-state index in [0.29, 0.717) is 12.6 Å². The Labute approximate surface area is 98.2 Å². The van der Waals surface area contributed by atoms with E-state index in [0.717, 1.165) is 0 Å². The molecule has 90 valence electrons. The molecule has 2 N–H and O–H groups in total. The van der Waals surface area contributed by atoms with Crippen LogP contribution in [0.5, 0.6) is 0 Å². The SMILES string of the molecule is CC(c1cc(CN)n(C)c1)N1CCCCC1. The smallest absolute Gasteiger partial charge is 0.0334 e. The van der Waals surface area contributed by atoms with E-state index < -0.39 is 0 Å². The standard InChI is InChI=1S/C13H23N3/c1-11(16-6-4-3-5-7-16)12-8-13(9-14)15(2)10-12/h8,10-11H,3-7,9,14H2,1-2H3. The van der Waals surface area contributed by atoms with E-state index in [4.69, 9.17) is 5.73 Å². The zero-order valence-corrected chi connectivity index (χ0v) is 10.4. The van der Waals surface area contributed by atoms with Gasteiger partial charge in [-0.2, -0.15) is 0 Å². The van der Waals surface area contributed by atoms with Crippen LogP contribution in [0.25, 0.3) is 0 Å². The summed E-state index contributed by atoms with van der Waals surface area (Å²) in [4.78, 5) is 2.58. The van der Waals surface area contributed by atoms with Crippen LogP contribution in [0, 0.1) is 0 Å². The average Bonchev–Trinajstić information content (AvgIpc) is 2.71. The van der Waals surface area contributed by atoms with Gasteiger partial charge in [0, 0.05) is 31.5 Å². The summed E-state index contributed by atoms with van der Waals surface area (Å²) in [5.74, 6) is 0. The van der Waals surface area contributed by atoms with Crippen LogP contribution < -0.4 is 5.73 Å². The summed E-state index contributed by atoms with van der Waals surface area (Å²) in [6.45, 7) is 5.42. The van der Waals surface area contributed by atoms with E-state index in [2.05, 4.69) is 35.7 Å². The van der Waals surface area contributed by atoms with E-state index in [1.54, 1.807) is 0 Å². The summed E-state index contributed by atoms with van der Waals surface area (Å²) in [6, 6.07) is 2.78. The minimum Gasteiger partial charge on any atom is -0.353 e. The molecule has 0 aromatic carbocycles. The molecule has 1 fully saturated rings. The molecule has 0 amide bonds. The van der Waals surface area contributed by atoms with Gasteiger partial charge < -0.3 is 10.3 Å². The monoisotopic (exact) mass is 221 g/mol. The third-order valence-corrected chi connectivity index (χ3v) is 3.76. The van der Waals surface area contributed by atoms with E-state index in [1.807, 2.05) is 0 Å². The molecule has 0 aliphatic carbocycles. The second kappa shape index (κ2) is 5.02. The molecule has 1 atom stereocenters. The van der Waals surface area contributed by atoms with Gasteiger partial charge in [-0.1, -0.05) is 6.42 Å². The lowest BCUT2D eigenvalue weighted by molar-refractivity contribution is 0.175. The zero-order chi connectivity index (χ0) is 11.5. The molecule has 1 aromatic rings. The third kappa shape index (κ3) is 2.30. The topological polar surface area (TPSA) is 34.2 Å². The van der Waals surface area contributed by atoms with Crippen molar-refractivity contribution in [3.63, 3.8) is 0 Å². The van der Waals surface area contributed by atoms with E-state index in [1.165, 1.54) is 43.6 Å². The molecule has 1 aliphatic rings. The Kier molecular flexibility index (Phi) is 3.66. The van der Waals surface area contributed by atoms with Crippen molar-refractivity contribution in [1.29, 1.82) is 0 Å². The number of rotatable bonds is 3. The average molecular weight is 221 g/mol. The van der Waals surface area contributed by atoms with Crippen molar-refractivity contribution >= 4 is 0 Å². The van der Waals surface area contributed by atoms with Crippen LogP contribution >= 0.6 is 0 Å². The van der Waals surface area contributed by atoms with Gasteiger partial charge in [0.05, 0.1) is 0 Å². The molecule has 0 radical (unpaired) electrons. The summed E-state index contributed by atoms with van der Waals surface area (Å²) in [5.41, 5.74) is 8.34. The largest absolute Gasteiger partial charge is 0.353 e. The molecule has 1 saturated heterocycles. The molecule has 0 bridgehead atoms. The number of nitrogens with zero attached hydrogens (tertiary/aromatic N) is 2. The van der Waals surface area contributed by atoms with Gasteiger partial charge in [0.25, 0.3) is 0 Å². The molecule has 3 nitrogen and oxygen atoms in total. The van der Waals surface area contributed by atoms with Crippen LogP contribution in [-0.2, 0) is 13.6 Å². The van der Waals surface area contributed by atoms with Gasteiger partial charge in [0.2, 0.25) is 0 Å². The van der Waals surface area contributed by atoms with Crippen molar-refractivity contribution < 1.29 is 0 Å². The van der Waals surface area contributed by atoms with E-state index >= 15 is 0 Å². The molecular weight excluding hydrogens is 198 g/mol. The van der Waals surface area contributed by atoms with Gasteiger partial charge in [0.15, 0.2) is 0 Å². The highest BCUT2D eigenvalue weighted by molar-refractivity contribution is 5.21. The highest BCUT2D eigenvalue weighted by Crippen LogP contribution is 2.25. The van der Waals surface area contributed by atoms with Crippen molar-refractivity contribution in [1.82, 2.24) is 9.47 Å². The molecule has 0 saturated carbocycles. The maximum atomic E-state index is 5.71. The van der Waals surface area contributed by atoms with Gasteiger partial charge in [-0.25, -0.2) is 0 Å². The third-order valence-electron chi connectivity index (χ3n) is 3.76. The fraction of sp³-hybridized carbons (Fsp3) is 0.692. The molecule has 1 unspecified atom stereocenters. The molecule has 0 spiro atoms. The fourth-order valence-electron chi connectivity index (χ4n) is 2.59. The van der Waals surface area contributed by atoms with E-state index in [9.17, 15) is 0 Å². The Hall–Kier alpha value is -0.800. The van der Waals surface area contributed by atoms with Crippen LogP contribution in [0.1, 0.15) is 43.5 Å². The first-order chi connectivity index (χ1) is 7.72. The Morgan fingerprint density at radius 1 is 1.31 bits per heavy atom. The van der Waals surface area contributed by atoms with Gasteiger partial charge in [-0.05, 0) is 44.5 Å². The summed E-state index contributed by atoms with van der Waals surface area (Å²) in [7, 11) is 2.08. The number of likely N-dealkylation sites (tertiary alicyclic amines) is 1. The number of hydrogen-bond acceptors (Lipinski definition) is 2. The molecule has 16 heavy (non-hydrogen) atoms. The predicted molar refractivity (Wildman–Crippen MR) is 67.1 cm³/mol. The van der Waals surface area contributed by atoms with E-state index in [-0.39, 0.29) is 0 Å². The summed E-state index contributed by atoms with van der Waals surface area (Å²) in [5, 5.41) is 0. The lowest BCUT2D eigenvalue weighted by atomic mass is 10.1. The van der Waals surface area contributed by atoms with Gasteiger partial charge in [-0.3, -0.25) is 4.90 Å². The maximum Gasteiger partial charge on any atom is 0.0334 e. The number of aryl methyl sites for hydroxylation is 1. The number of piperidine rings is 1. The normalized spacial score (nSPS) is 19.9. The highest BCUT2D eigenvalue weighted by Gasteiger charge is 2.19. The van der Waals surface area contributed by atoms with Gasteiger partial charge >= 0.3 is 0 Å². The molecule has 1 aliphatic heterocycles. The summed E-state index contributed by atoms with van der Waals surface area (Å²) < 4.78 is 2.15. The second-order valence-electron chi connectivity index (χ2n) is 4.85. The highest BCUT2D eigenvalue weighted by atomic mass is 15.2. The maximum absolute atomic E-state index is 5.71. The Morgan fingerprint density at radius 2 is 2.00 bits per heavy atom.